The van der Waals surface area contributed by atoms with Gasteiger partial charge in [0, 0.05) is 19.1 Å². The van der Waals surface area contributed by atoms with Crippen LogP contribution in [0.25, 0.3) is 0 Å². The van der Waals surface area contributed by atoms with Crippen LogP contribution in [0.15, 0.2) is 24.3 Å². The molecule has 0 bridgehead atoms. The Morgan fingerprint density at radius 2 is 2.05 bits per heavy atom. The van der Waals surface area contributed by atoms with Gasteiger partial charge in [-0.05, 0) is 42.7 Å². The maximum Gasteiger partial charge on any atom is 0.280 e. The van der Waals surface area contributed by atoms with Gasteiger partial charge in [0.1, 0.15) is 0 Å². The summed E-state index contributed by atoms with van der Waals surface area (Å²) in [5.74, 6) is 0.455. The third-order valence-corrected chi connectivity index (χ3v) is 5.98. The Balaban J connectivity index is 1.74. The van der Waals surface area contributed by atoms with E-state index < -0.39 is 10.2 Å². The third kappa shape index (κ3) is 2.75. The summed E-state index contributed by atoms with van der Waals surface area (Å²) in [6, 6.07) is 8.06. The lowest BCUT2D eigenvalue weighted by Gasteiger charge is -2.31. The molecule has 0 radical (unpaired) electrons. The van der Waals surface area contributed by atoms with Crippen LogP contribution in [-0.2, 0) is 16.6 Å². The fourth-order valence-electron chi connectivity index (χ4n) is 3.30. The first kappa shape index (κ1) is 14.0. The summed E-state index contributed by atoms with van der Waals surface area (Å²) < 4.78 is 29.5. The number of nitrogens with zero attached hydrogens (tertiary/aromatic N) is 1. The van der Waals surface area contributed by atoms with Gasteiger partial charge >= 0.3 is 0 Å². The lowest BCUT2D eigenvalue weighted by molar-refractivity contribution is 0.276. The smallest absolute Gasteiger partial charge is 0.195 e. The zero-order valence-corrected chi connectivity index (χ0v) is 12.7. The Bertz CT molecular complexity index is 585. The molecule has 2 atom stereocenters. The lowest BCUT2D eigenvalue weighted by atomic mass is 10.0. The molecule has 1 fully saturated rings. The number of benzene rings is 1. The second-order valence-electron chi connectivity index (χ2n) is 6.02. The summed E-state index contributed by atoms with van der Waals surface area (Å²) in [5, 5.41) is 0. The van der Waals surface area contributed by atoms with E-state index in [2.05, 4.69) is 17.7 Å². The van der Waals surface area contributed by atoms with E-state index in [0.29, 0.717) is 19.0 Å². The molecule has 0 amide bonds. The summed E-state index contributed by atoms with van der Waals surface area (Å²) in [7, 11) is -3.36. The molecule has 0 unspecified atom stereocenters. The molecular weight excluding hydrogens is 272 g/mol. The predicted molar refractivity (Wildman–Crippen MR) is 79.5 cm³/mol. The van der Waals surface area contributed by atoms with Gasteiger partial charge in [-0.15, -0.1) is 0 Å². The molecule has 1 aliphatic heterocycles. The SMILES string of the molecule is C[C@@H]1CCCN(S(=O)(=O)N[C@@H]2CCc3ccccc32)C1. The van der Waals surface area contributed by atoms with Crippen LogP contribution in [0.4, 0.5) is 0 Å². The maximum atomic E-state index is 12.5. The zero-order valence-electron chi connectivity index (χ0n) is 11.9. The van der Waals surface area contributed by atoms with Crippen LogP contribution in [0, 0.1) is 5.92 Å². The van der Waals surface area contributed by atoms with Crippen molar-refractivity contribution in [3.8, 4) is 0 Å². The molecule has 3 rings (SSSR count). The molecule has 1 heterocycles. The minimum atomic E-state index is -3.36. The van der Waals surface area contributed by atoms with Gasteiger partial charge in [-0.3, -0.25) is 0 Å². The van der Waals surface area contributed by atoms with Crippen molar-refractivity contribution in [3.05, 3.63) is 35.4 Å². The van der Waals surface area contributed by atoms with Crippen molar-refractivity contribution < 1.29 is 8.42 Å². The molecule has 0 aromatic heterocycles. The average Bonchev–Trinajstić information content (AvgIpc) is 2.82. The van der Waals surface area contributed by atoms with E-state index in [-0.39, 0.29) is 6.04 Å². The average molecular weight is 294 g/mol. The number of fused-ring (bicyclic) bond motifs is 1. The van der Waals surface area contributed by atoms with Crippen molar-refractivity contribution in [2.24, 2.45) is 5.92 Å². The minimum absolute atomic E-state index is 0.0616. The molecule has 1 N–H and O–H groups in total. The number of rotatable bonds is 3. The number of hydrogen-bond donors (Lipinski definition) is 1. The Morgan fingerprint density at radius 1 is 1.25 bits per heavy atom. The molecule has 1 aliphatic carbocycles. The molecule has 20 heavy (non-hydrogen) atoms. The summed E-state index contributed by atoms with van der Waals surface area (Å²) in [4.78, 5) is 0. The molecule has 5 heteroatoms. The third-order valence-electron chi connectivity index (χ3n) is 4.38. The molecule has 1 aromatic rings. The number of aryl methyl sites for hydroxylation is 1. The van der Waals surface area contributed by atoms with Gasteiger partial charge in [-0.25, -0.2) is 0 Å². The Labute approximate surface area is 121 Å². The van der Waals surface area contributed by atoms with E-state index in [1.54, 1.807) is 4.31 Å². The van der Waals surface area contributed by atoms with Gasteiger partial charge < -0.3 is 0 Å². The van der Waals surface area contributed by atoms with E-state index in [1.807, 2.05) is 18.2 Å². The second kappa shape index (κ2) is 5.47. The van der Waals surface area contributed by atoms with Crippen molar-refractivity contribution >= 4 is 10.2 Å². The predicted octanol–water partition coefficient (Wildman–Crippen LogP) is 2.24. The summed E-state index contributed by atoms with van der Waals surface area (Å²) >= 11 is 0. The van der Waals surface area contributed by atoms with Crippen LogP contribution in [-0.4, -0.2) is 25.8 Å². The molecule has 1 saturated heterocycles. The van der Waals surface area contributed by atoms with Gasteiger partial charge in [-0.1, -0.05) is 31.2 Å². The first-order chi connectivity index (χ1) is 9.56. The second-order valence-corrected chi connectivity index (χ2v) is 7.72. The zero-order chi connectivity index (χ0) is 14.2. The van der Waals surface area contributed by atoms with Crippen molar-refractivity contribution in [1.82, 2.24) is 9.03 Å². The molecule has 0 saturated carbocycles. The molecule has 2 aliphatic rings. The first-order valence-electron chi connectivity index (χ1n) is 7.41. The molecule has 0 spiro atoms. The van der Waals surface area contributed by atoms with Gasteiger partial charge in [0.15, 0.2) is 0 Å². The van der Waals surface area contributed by atoms with Gasteiger partial charge in [-0.2, -0.15) is 17.4 Å². The molecule has 1 aromatic carbocycles. The van der Waals surface area contributed by atoms with Crippen LogP contribution in [0.3, 0.4) is 0 Å². The van der Waals surface area contributed by atoms with E-state index in [0.717, 1.165) is 31.2 Å². The van der Waals surface area contributed by atoms with Crippen molar-refractivity contribution in [3.63, 3.8) is 0 Å². The normalized spacial score (nSPS) is 27.4. The lowest BCUT2D eigenvalue weighted by Crippen LogP contribution is -2.46. The van der Waals surface area contributed by atoms with Crippen LogP contribution in [0.2, 0.25) is 0 Å². The van der Waals surface area contributed by atoms with Crippen molar-refractivity contribution in [2.45, 2.75) is 38.6 Å². The largest absolute Gasteiger partial charge is 0.280 e. The van der Waals surface area contributed by atoms with Crippen LogP contribution in [0.5, 0.6) is 0 Å². The highest BCUT2D eigenvalue weighted by Crippen LogP contribution is 2.32. The molecule has 4 nitrogen and oxygen atoms in total. The van der Waals surface area contributed by atoms with E-state index in [4.69, 9.17) is 0 Å². The number of hydrogen-bond acceptors (Lipinski definition) is 2. The quantitative estimate of drug-likeness (QED) is 0.929. The van der Waals surface area contributed by atoms with Gasteiger partial charge in [0.2, 0.25) is 0 Å². The first-order valence-corrected chi connectivity index (χ1v) is 8.85. The molecular formula is C15H22N2O2S. The fraction of sp³-hybridized carbons (Fsp3) is 0.600. The van der Waals surface area contributed by atoms with Crippen LogP contribution < -0.4 is 4.72 Å². The molecule has 110 valence electrons. The minimum Gasteiger partial charge on any atom is -0.195 e. The van der Waals surface area contributed by atoms with E-state index in [9.17, 15) is 8.42 Å². The highest BCUT2D eigenvalue weighted by Gasteiger charge is 2.31. The highest BCUT2D eigenvalue weighted by molar-refractivity contribution is 7.87. The van der Waals surface area contributed by atoms with E-state index >= 15 is 0 Å². The van der Waals surface area contributed by atoms with Crippen LogP contribution in [0.1, 0.15) is 43.4 Å². The Kier molecular flexibility index (Phi) is 3.84. The Morgan fingerprint density at radius 3 is 2.85 bits per heavy atom. The summed E-state index contributed by atoms with van der Waals surface area (Å²) in [5.41, 5.74) is 2.41. The standard InChI is InChI=1S/C15H22N2O2S/c1-12-5-4-10-17(11-12)20(18,19)16-15-9-8-13-6-2-3-7-14(13)15/h2-3,6-7,12,15-16H,4-5,8-11H2,1H3/t12-,15-/m1/s1. The maximum absolute atomic E-state index is 12.5. The summed E-state index contributed by atoms with van der Waals surface area (Å²) in [6.45, 7) is 3.41. The van der Waals surface area contributed by atoms with Crippen LogP contribution >= 0.6 is 0 Å². The highest BCUT2D eigenvalue weighted by atomic mass is 32.2. The topological polar surface area (TPSA) is 49.4 Å². The van der Waals surface area contributed by atoms with Gasteiger partial charge in [0.25, 0.3) is 10.2 Å². The van der Waals surface area contributed by atoms with Crippen molar-refractivity contribution in [2.75, 3.05) is 13.1 Å². The van der Waals surface area contributed by atoms with E-state index in [1.165, 1.54) is 5.56 Å². The monoisotopic (exact) mass is 294 g/mol. The number of piperidine rings is 1. The van der Waals surface area contributed by atoms with Gasteiger partial charge in [0.05, 0.1) is 0 Å². The summed E-state index contributed by atoms with van der Waals surface area (Å²) in [6.07, 6.45) is 3.91. The Hall–Kier alpha value is -0.910. The fourth-order valence-corrected chi connectivity index (χ4v) is 4.87. The number of nitrogens with one attached hydrogen (secondary N) is 1. The van der Waals surface area contributed by atoms with Crippen molar-refractivity contribution in [1.29, 1.82) is 0 Å².